The molecule has 55 valence electrons. The quantitative estimate of drug-likeness (QED) is 0.511. The SMILES string of the molecule is CC(C)(C)OC(=O)[CH]C#N. The average molecular weight is 140 g/mol. The first-order valence-electron chi connectivity index (χ1n) is 2.91. The summed E-state index contributed by atoms with van der Waals surface area (Å²) in [7, 11) is 0. The van der Waals surface area contributed by atoms with E-state index < -0.39 is 11.6 Å². The molecule has 10 heavy (non-hydrogen) atoms. The minimum Gasteiger partial charge on any atom is -0.459 e. The normalized spacial score (nSPS) is 10.2. The van der Waals surface area contributed by atoms with Crippen LogP contribution in [0.5, 0.6) is 0 Å². The summed E-state index contributed by atoms with van der Waals surface area (Å²) in [6.07, 6.45) is 0.839. The molecule has 0 saturated carbocycles. The summed E-state index contributed by atoms with van der Waals surface area (Å²) >= 11 is 0. The number of esters is 1. The smallest absolute Gasteiger partial charge is 0.325 e. The third-order valence-electron chi connectivity index (χ3n) is 0.589. The van der Waals surface area contributed by atoms with E-state index in [0.717, 1.165) is 6.42 Å². The molecule has 0 bridgehead atoms. The molecule has 0 rings (SSSR count). The molecule has 0 atom stereocenters. The predicted octanol–water partition coefficient (Wildman–Crippen LogP) is 1.06. The van der Waals surface area contributed by atoms with Gasteiger partial charge in [0.25, 0.3) is 0 Å². The van der Waals surface area contributed by atoms with Crippen molar-refractivity contribution in [1.82, 2.24) is 0 Å². The van der Waals surface area contributed by atoms with Crippen LogP contribution in [0.25, 0.3) is 0 Å². The van der Waals surface area contributed by atoms with Crippen molar-refractivity contribution in [3.63, 3.8) is 0 Å². The number of rotatable bonds is 1. The Morgan fingerprint density at radius 3 is 2.40 bits per heavy atom. The van der Waals surface area contributed by atoms with Gasteiger partial charge in [0.05, 0.1) is 6.07 Å². The summed E-state index contributed by atoms with van der Waals surface area (Å²) in [5.41, 5.74) is -0.509. The second kappa shape index (κ2) is 3.21. The lowest BCUT2D eigenvalue weighted by Crippen LogP contribution is -2.23. The van der Waals surface area contributed by atoms with Crippen LogP contribution >= 0.6 is 0 Å². The Bertz CT molecular complexity index is 161. The molecule has 0 saturated heterocycles. The van der Waals surface area contributed by atoms with E-state index >= 15 is 0 Å². The fourth-order valence-electron chi connectivity index (χ4n) is 0.384. The van der Waals surface area contributed by atoms with Gasteiger partial charge < -0.3 is 4.74 Å². The third-order valence-corrected chi connectivity index (χ3v) is 0.589. The Balaban J connectivity index is 3.72. The van der Waals surface area contributed by atoms with Crippen molar-refractivity contribution in [1.29, 1.82) is 5.26 Å². The zero-order chi connectivity index (χ0) is 8.20. The van der Waals surface area contributed by atoms with Crippen molar-refractivity contribution in [2.24, 2.45) is 0 Å². The number of nitrogens with zero attached hydrogens (tertiary/aromatic N) is 1. The van der Waals surface area contributed by atoms with Crippen molar-refractivity contribution in [2.45, 2.75) is 26.4 Å². The van der Waals surface area contributed by atoms with E-state index in [1.807, 2.05) is 0 Å². The standard InChI is InChI=1S/C7H10NO2/c1-7(2,3)10-6(9)4-5-8/h4H,1-3H3. The maximum absolute atomic E-state index is 10.6. The van der Waals surface area contributed by atoms with Gasteiger partial charge in [0, 0.05) is 0 Å². The molecule has 0 aliphatic rings. The zero-order valence-electron chi connectivity index (χ0n) is 6.34. The van der Waals surface area contributed by atoms with Gasteiger partial charge in [-0.15, -0.1) is 0 Å². The molecule has 0 N–H and O–H groups in total. The summed E-state index contributed by atoms with van der Waals surface area (Å²) in [5.74, 6) is -0.588. The molecule has 0 aromatic heterocycles. The molecule has 0 aromatic rings. The predicted molar refractivity (Wildman–Crippen MR) is 35.8 cm³/mol. The summed E-state index contributed by atoms with van der Waals surface area (Å²) in [4.78, 5) is 10.6. The molecular weight excluding hydrogens is 130 g/mol. The number of carbonyl (C=O) groups is 1. The van der Waals surface area contributed by atoms with Gasteiger partial charge in [-0.2, -0.15) is 5.26 Å². The molecule has 0 aromatic carbocycles. The molecule has 0 unspecified atom stereocenters. The summed E-state index contributed by atoms with van der Waals surface area (Å²) in [6.45, 7) is 5.24. The molecule has 0 fully saturated rings. The molecule has 0 aliphatic heterocycles. The Morgan fingerprint density at radius 1 is 1.60 bits per heavy atom. The molecular formula is C7H10NO2. The number of carbonyl (C=O) groups excluding carboxylic acids is 1. The first-order chi connectivity index (χ1) is 4.45. The Kier molecular flexibility index (Phi) is 2.88. The van der Waals surface area contributed by atoms with E-state index in [-0.39, 0.29) is 0 Å². The monoisotopic (exact) mass is 140 g/mol. The van der Waals surface area contributed by atoms with Crippen LogP contribution in [-0.4, -0.2) is 11.6 Å². The highest BCUT2D eigenvalue weighted by atomic mass is 16.6. The highest BCUT2D eigenvalue weighted by Crippen LogP contribution is 2.07. The van der Waals surface area contributed by atoms with Gasteiger partial charge in [-0.3, -0.25) is 4.79 Å². The number of ether oxygens (including phenoxy) is 1. The lowest BCUT2D eigenvalue weighted by molar-refractivity contribution is -0.149. The van der Waals surface area contributed by atoms with Gasteiger partial charge in [0.15, 0.2) is 6.42 Å². The van der Waals surface area contributed by atoms with E-state index in [4.69, 9.17) is 10.00 Å². The summed E-state index contributed by atoms with van der Waals surface area (Å²) < 4.78 is 4.76. The van der Waals surface area contributed by atoms with Crippen LogP contribution in [0.1, 0.15) is 20.8 Å². The Hall–Kier alpha value is -1.04. The van der Waals surface area contributed by atoms with Crippen molar-refractivity contribution >= 4 is 5.97 Å². The van der Waals surface area contributed by atoms with Crippen LogP contribution in [0.15, 0.2) is 0 Å². The average Bonchev–Trinajstić information content (AvgIpc) is 1.59. The maximum Gasteiger partial charge on any atom is 0.325 e. The van der Waals surface area contributed by atoms with Gasteiger partial charge in [0.2, 0.25) is 0 Å². The van der Waals surface area contributed by atoms with Crippen molar-refractivity contribution < 1.29 is 9.53 Å². The lowest BCUT2D eigenvalue weighted by Gasteiger charge is -2.17. The molecule has 0 amide bonds. The van der Waals surface area contributed by atoms with Crippen LogP contribution in [0.4, 0.5) is 0 Å². The Labute approximate surface area is 60.6 Å². The molecule has 0 spiro atoms. The molecule has 1 radical (unpaired) electrons. The van der Waals surface area contributed by atoms with Crippen LogP contribution in [-0.2, 0) is 9.53 Å². The summed E-state index contributed by atoms with van der Waals surface area (Å²) in [5, 5.41) is 8.03. The highest BCUT2D eigenvalue weighted by molar-refractivity contribution is 5.82. The molecule has 3 nitrogen and oxygen atoms in total. The van der Waals surface area contributed by atoms with Gasteiger partial charge in [-0.05, 0) is 20.8 Å². The second-order valence-electron chi connectivity index (χ2n) is 2.81. The van der Waals surface area contributed by atoms with Crippen LogP contribution < -0.4 is 0 Å². The molecule has 3 heteroatoms. The second-order valence-corrected chi connectivity index (χ2v) is 2.81. The number of nitriles is 1. The van der Waals surface area contributed by atoms with Crippen LogP contribution in [0.2, 0.25) is 0 Å². The van der Waals surface area contributed by atoms with E-state index in [0.29, 0.717) is 0 Å². The van der Waals surface area contributed by atoms with Crippen LogP contribution in [0.3, 0.4) is 0 Å². The maximum atomic E-state index is 10.6. The first-order valence-corrected chi connectivity index (χ1v) is 2.91. The van der Waals surface area contributed by atoms with Crippen molar-refractivity contribution in [2.75, 3.05) is 0 Å². The van der Waals surface area contributed by atoms with Crippen molar-refractivity contribution in [3.05, 3.63) is 6.42 Å². The van der Waals surface area contributed by atoms with Crippen molar-refractivity contribution in [3.8, 4) is 6.07 Å². The minimum atomic E-state index is -0.588. The highest BCUT2D eigenvalue weighted by Gasteiger charge is 2.15. The zero-order valence-corrected chi connectivity index (χ0v) is 6.34. The van der Waals surface area contributed by atoms with E-state index in [9.17, 15) is 4.79 Å². The van der Waals surface area contributed by atoms with Gasteiger partial charge >= 0.3 is 5.97 Å². The minimum absolute atomic E-state index is 0.509. The van der Waals surface area contributed by atoms with Crippen LogP contribution in [0, 0.1) is 17.8 Å². The van der Waals surface area contributed by atoms with Gasteiger partial charge in [0.1, 0.15) is 5.60 Å². The van der Waals surface area contributed by atoms with Gasteiger partial charge in [-0.1, -0.05) is 0 Å². The number of hydrogen-bond acceptors (Lipinski definition) is 3. The summed E-state index contributed by atoms with van der Waals surface area (Å²) in [6, 6.07) is 1.59. The third kappa shape index (κ3) is 5.10. The van der Waals surface area contributed by atoms with E-state index in [2.05, 4.69) is 0 Å². The van der Waals surface area contributed by atoms with E-state index in [1.165, 1.54) is 0 Å². The molecule has 0 aliphatic carbocycles. The lowest BCUT2D eigenvalue weighted by atomic mass is 10.2. The topological polar surface area (TPSA) is 50.1 Å². The Morgan fingerprint density at radius 2 is 2.10 bits per heavy atom. The number of hydrogen-bond donors (Lipinski definition) is 0. The largest absolute Gasteiger partial charge is 0.459 e. The van der Waals surface area contributed by atoms with E-state index in [1.54, 1.807) is 26.8 Å². The fraction of sp³-hybridized carbons (Fsp3) is 0.571. The van der Waals surface area contributed by atoms with Gasteiger partial charge in [-0.25, -0.2) is 0 Å². The fourth-order valence-corrected chi connectivity index (χ4v) is 0.384. The first kappa shape index (κ1) is 8.96. The molecule has 0 heterocycles.